The van der Waals surface area contributed by atoms with Crippen LogP contribution >= 0.6 is 0 Å². The van der Waals surface area contributed by atoms with E-state index in [2.05, 4.69) is 23.8 Å². The molecule has 0 aromatic rings. The zero-order valence-electron chi connectivity index (χ0n) is 15.9. The van der Waals surface area contributed by atoms with E-state index >= 15 is 0 Å². The molecule has 0 aromatic heterocycles. The third-order valence-corrected chi connectivity index (χ3v) is 4.66. The van der Waals surface area contributed by atoms with E-state index in [0.29, 0.717) is 6.04 Å². The molecule has 0 aliphatic heterocycles. The number of allylic oxidation sites excluding steroid dienone is 3. The molecule has 2 rings (SSSR count). The predicted molar refractivity (Wildman–Crippen MR) is 103 cm³/mol. The molecule has 0 heterocycles. The summed E-state index contributed by atoms with van der Waals surface area (Å²) in [6.45, 7) is 14.3. The fraction of sp³-hybridized carbons (Fsp3) is 0.789. The van der Waals surface area contributed by atoms with E-state index in [9.17, 15) is 4.21 Å². The number of nitrogens with one attached hydrogen (secondary N) is 1. The molecule has 132 valence electrons. The van der Waals surface area contributed by atoms with Crippen molar-refractivity contribution in [2.75, 3.05) is 0 Å². The molecular weight excluding hydrogens is 290 g/mol. The van der Waals surface area contributed by atoms with Gasteiger partial charge in [-0.05, 0) is 37.7 Å². The fourth-order valence-electron chi connectivity index (χ4n) is 2.49. The summed E-state index contributed by atoms with van der Waals surface area (Å²) in [5.74, 6) is 0.777. The van der Waals surface area contributed by atoms with Gasteiger partial charge in [-0.3, -0.25) is 0 Å². The largest absolute Gasteiger partial charge is 0.238 e. The Hall–Kier alpha value is -0.410. The van der Waals surface area contributed by atoms with Crippen molar-refractivity contribution in [3.8, 4) is 0 Å². The molecule has 1 fully saturated rings. The highest BCUT2D eigenvalue weighted by atomic mass is 32.2. The fourth-order valence-corrected chi connectivity index (χ4v) is 3.63. The van der Waals surface area contributed by atoms with Crippen LogP contribution in [0.15, 0.2) is 23.1 Å². The van der Waals surface area contributed by atoms with Crippen LogP contribution < -0.4 is 4.72 Å². The van der Waals surface area contributed by atoms with Crippen molar-refractivity contribution in [1.29, 1.82) is 0 Å². The Kier molecular flexibility index (Phi) is 18.4. The molecule has 0 saturated heterocycles. The average Bonchev–Trinajstić information content (AvgIpc) is 2.61. The zero-order valence-corrected chi connectivity index (χ0v) is 16.8. The van der Waals surface area contributed by atoms with Crippen LogP contribution in [0.25, 0.3) is 0 Å². The maximum Gasteiger partial charge on any atom is 0.124 e. The van der Waals surface area contributed by atoms with E-state index in [1.165, 1.54) is 25.7 Å². The van der Waals surface area contributed by atoms with Gasteiger partial charge in [-0.2, -0.15) is 0 Å². The molecule has 2 aliphatic carbocycles. The monoisotopic (exact) mass is 329 g/mol. The van der Waals surface area contributed by atoms with Gasteiger partial charge >= 0.3 is 0 Å². The summed E-state index contributed by atoms with van der Waals surface area (Å²) in [7, 11) is -0.995. The molecule has 3 heteroatoms. The van der Waals surface area contributed by atoms with Crippen LogP contribution in [0.2, 0.25) is 0 Å². The normalized spacial score (nSPS) is 24.2. The SMILES string of the molecule is CC.CC.CC.CC1CCCC(NS(=O)C2=CCCC=C2)C1. The summed E-state index contributed by atoms with van der Waals surface area (Å²) in [5.41, 5.74) is 0. The van der Waals surface area contributed by atoms with Crippen molar-refractivity contribution < 1.29 is 4.21 Å². The van der Waals surface area contributed by atoms with Crippen LogP contribution in [-0.4, -0.2) is 10.3 Å². The molecule has 2 nitrogen and oxygen atoms in total. The predicted octanol–water partition coefficient (Wildman–Crippen LogP) is 6.13. The molecule has 22 heavy (non-hydrogen) atoms. The lowest BCUT2D eigenvalue weighted by Gasteiger charge is -2.27. The molecule has 3 unspecified atom stereocenters. The lowest BCUT2D eigenvalue weighted by Crippen LogP contribution is -2.35. The summed E-state index contributed by atoms with van der Waals surface area (Å²) in [6.07, 6.45) is 13.3. The molecule has 2 aliphatic rings. The Morgan fingerprint density at radius 1 is 1.05 bits per heavy atom. The molecule has 3 atom stereocenters. The average molecular weight is 330 g/mol. The van der Waals surface area contributed by atoms with Gasteiger partial charge in [-0.25, -0.2) is 8.93 Å². The van der Waals surface area contributed by atoms with E-state index < -0.39 is 11.0 Å². The second-order valence-corrected chi connectivity index (χ2v) is 6.19. The van der Waals surface area contributed by atoms with E-state index in [-0.39, 0.29) is 0 Å². The Morgan fingerprint density at radius 2 is 1.68 bits per heavy atom. The minimum Gasteiger partial charge on any atom is -0.238 e. The van der Waals surface area contributed by atoms with E-state index in [1.807, 2.05) is 47.6 Å². The highest BCUT2D eigenvalue weighted by Crippen LogP contribution is 2.24. The van der Waals surface area contributed by atoms with E-state index in [4.69, 9.17) is 0 Å². The van der Waals surface area contributed by atoms with Gasteiger partial charge < -0.3 is 0 Å². The van der Waals surface area contributed by atoms with Crippen molar-refractivity contribution in [1.82, 2.24) is 4.72 Å². The summed E-state index contributed by atoms with van der Waals surface area (Å²) < 4.78 is 15.3. The van der Waals surface area contributed by atoms with Gasteiger partial charge in [0.05, 0.1) is 0 Å². The van der Waals surface area contributed by atoms with Crippen molar-refractivity contribution in [3.63, 3.8) is 0 Å². The standard InChI is InChI=1S/C13H21NOS.3C2H6/c1-11-6-5-7-12(10-11)14-16(15)13-8-3-2-4-9-13;3*1-2/h3,8-9,11-12,14H,2,4-7,10H2,1H3;3*1-2H3. The Labute approximate surface area is 142 Å². The smallest absolute Gasteiger partial charge is 0.124 e. The molecule has 0 bridgehead atoms. The zero-order chi connectivity index (χ0) is 17.4. The minimum atomic E-state index is -0.995. The Morgan fingerprint density at radius 3 is 2.18 bits per heavy atom. The van der Waals surface area contributed by atoms with Gasteiger partial charge in [0, 0.05) is 10.9 Å². The number of hydrogen-bond acceptors (Lipinski definition) is 1. The minimum absolute atomic E-state index is 0.445. The van der Waals surface area contributed by atoms with Crippen molar-refractivity contribution in [2.45, 2.75) is 93.0 Å². The Bertz CT molecular complexity index is 323. The first kappa shape index (κ1) is 23.9. The van der Waals surface area contributed by atoms with Gasteiger partial charge in [0.2, 0.25) is 0 Å². The maximum atomic E-state index is 12.1. The summed E-state index contributed by atoms with van der Waals surface area (Å²) in [4.78, 5) is 0.962. The molecular formula is C19H39NOS. The summed E-state index contributed by atoms with van der Waals surface area (Å²) in [5, 5.41) is 0. The first-order valence-electron chi connectivity index (χ1n) is 9.30. The highest BCUT2D eigenvalue weighted by Gasteiger charge is 2.21. The van der Waals surface area contributed by atoms with E-state index in [1.54, 1.807) is 0 Å². The molecule has 0 spiro atoms. The van der Waals surface area contributed by atoms with Crippen LogP contribution in [0.3, 0.4) is 0 Å². The third-order valence-electron chi connectivity index (χ3n) is 3.39. The lowest BCUT2D eigenvalue weighted by molar-refractivity contribution is 0.330. The summed E-state index contributed by atoms with van der Waals surface area (Å²) >= 11 is 0. The van der Waals surface area contributed by atoms with Crippen molar-refractivity contribution in [3.05, 3.63) is 23.1 Å². The van der Waals surface area contributed by atoms with Gasteiger partial charge in [-0.1, -0.05) is 73.5 Å². The molecule has 0 aromatic carbocycles. The molecule has 1 N–H and O–H groups in total. The van der Waals surface area contributed by atoms with Crippen LogP contribution in [-0.2, 0) is 11.0 Å². The lowest BCUT2D eigenvalue weighted by atomic mass is 9.88. The van der Waals surface area contributed by atoms with Crippen LogP contribution in [0.1, 0.15) is 87.0 Å². The quantitative estimate of drug-likeness (QED) is 0.663. The van der Waals surface area contributed by atoms with E-state index in [0.717, 1.165) is 23.7 Å². The van der Waals surface area contributed by atoms with Crippen molar-refractivity contribution >= 4 is 11.0 Å². The first-order valence-corrected chi connectivity index (χ1v) is 10.5. The third kappa shape index (κ3) is 10.3. The Balaban J connectivity index is 0. The van der Waals surface area contributed by atoms with Crippen molar-refractivity contribution in [2.24, 2.45) is 5.92 Å². The second-order valence-electron chi connectivity index (χ2n) is 4.94. The summed E-state index contributed by atoms with van der Waals surface area (Å²) in [6, 6.07) is 0.445. The molecule has 1 saturated carbocycles. The maximum absolute atomic E-state index is 12.1. The first-order chi connectivity index (χ1) is 10.8. The molecule has 0 amide bonds. The van der Waals surface area contributed by atoms with Gasteiger partial charge in [-0.15, -0.1) is 0 Å². The van der Waals surface area contributed by atoms with Crippen LogP contribution in [0, 0.1) is 5.92 Å². The number of rotatable bonds is 3. The van der Waals surface area contributed by atoms with Gasteiger partial charge in [0.25, 0.3) is 0 Å². The van der Waals surface area contributed by atoms with Crippen LogP contribution in [0.4, 0.5) is 0 Å². The highest BCUT2D eigenvalue weighted by molar-refractivity contribution is 7.87. The second kappa shape index (κ2) is 17.0. The van der Waals surface area contributed by atoms with Gasteiger partial charge in [0.15, 0.2) is 0 Å². The van der Waals surface area contributed by atoms with Crippen LogP contribution in [0.5, 0.6) is 0 Å². The topological polar surface area (TPSA) is 29.1 Å². The van der Waals surface area contributed by atoms with Gasteiger partial charge in [0.1, 0.15) is 11.0 Å². The molecule has 0 radical (unpaired) electrons. The number of hydrogen-bond donors (Lipinski definition) is 1.